The molecular weight excluding hydrogens is 304 g/mol. The van der Waals surface area contributed by atoms with E-state index in [1.807, 2.05) is 4.90 Å². The minimum absolute atomic E-state index is 0.0311. The molecule has 2 aromatic rings. The second kappa shape index (κ2) is 6.27. The molecule has 0 bridgehead atoms. The molecule has 0 atom stereocenters. The molecule has 0 aliphatic carbocycles. The van der Waals surface area contributed by atoms with Gasteiger partial charge in [0.15, 0.2) is 5.69 Å². The number of hydrogen-bond acceptors (Lipinski definition) is 5. The summed E-state index contributed by atoms with van der Waals surface area (Å²) < 4.78 is 1.27. The first kappa shape index (κ1) is 14.7. The third-order valence-corrected chi connectivity index (χ3v) is 4.62. The highest BCUT2D eigenvalue weighted by molar-refractivity contribution is 7.07. The molecule has 1 N–H and O–H groups in total. The molecule has 3 rings (SSSR count). The summed E-state index contributed by atoms with van der Waals surface area (Å²) in [5.74, 6) is -0.666. The predicted octanol–water partition coefficient (Wildman–Crippen LogP) is 1.44. The van der Waals surface area contributed by atoms with E-state index in [0.29, 0.717) is 5.92 Å². The Hall–Kier alpha value is -2.22. The van der Waals surface area contributed by atoms with Crippen LogP contribution in [0.3, 0.4) is 0 Å². The highest BCUT2D eigenvalue weighted by atomic mass is 32.1. The first-order valence-corrected chi connectivity index (χ1v) is 8.01. The molecule has 1 aliphatic heterocycles. The summed E-state index contributed by atoms with van der Waals surface area (Å²) in [5.41, 5.74) is 1.21. The van der Waals surface area contributed by atoms with Gasteiger partial charge in [0.2, 0.25) is 5.91 Å². The number of aromatic nitrogens is 3. The third kappa shape index (κ3) is 3.16. The Labute approximate surface area is 131 Å². The lowest BCUT2D eigenvalue weighted by molar-refractivity contribution is -0.133. The third-order valence-electron chi connectivity index (χ3n) is 3.92. The van der Waals surface area contributed by atoms with Gasteiger partial charge in [0, 0.05) is 13.1 Å². The molecule has 0 radical (unpaired) electrons. The van der Waals surface area contributed by atoms with Crippen LogP contribution in [0.4, 0.5) is 0 Å². The lowest BCUT2D eigenvalue weighted by Crippen LogP contribution is -2.39. The fourth-order valence-corrected chi connectivity index (χ4v) is 3.42. The van der Waals surface area contributed by atoms with Crippen molar-refractivity contribution >= 4 is 23.2 Å². The van der Waals surface area contributed by atoms with E-state index < -0.39 is 5.97 Å². The van der Waals surface area contributed by atoms with Gasteiger partial charge in [-0.15, -0.1) is 5.10 Å². The van der Waals surface area contributed by atoms with Gasteiger partial charge in [-0.2, -0.15) is 11.3 Å². The minimum atomic E-state index is -1.14. The van der Waals surface area contributed by atoms with E-state index in [2.05, 4.69) is 27.1 Å². The van der Waals surface area contributed by atoms with Crippen LogP contribution in [-0.4, -0.2) is 50.0 Å². The van der Waals surface area contributed by atoms with Crippen LogP contribution in [0.2, 0.25) is 0 Å². The van der Waals surface area contributed by atoms with Gasteiger partial charge in [-0.05, 0) is 41.1 Å². The molecule has 7 nitrogen and oxygen atoms in total. The fourth-order valence-electron chi connectivity index (χ4n) is 2.68. The molecule has 0 unspecified atom stereocenters. The van der Waals surface area contributed by atoms with Gasteiger partial charge in [0.1, 0.15) is 6.54 Å². The Morgan fingerprint density at radius 2 is 2.14 bits per heavy atom. The number of hydrogen-bond donors (Lipinski definition) is 1. The molecule has 0 aromatic carbocycles. The smallest absolute Gasteiger partial charge is 0.358 e. The maximum Gasteiger partial charge on any atom is 0.358 e. The first-order valence-electron chi connectivity index (χ1n) is 7.07. The zero-order chi connectivity index (χ0) is 15.5. The van der Waals surface area contributed by atoms with Gasteiger partial charge in [-0.3, -0.25) is 4.79 Å². The van der Waals surface area contributed by atoms with Gasteiger partial charge in [0.25, 0.3) is 0 Å². The van der Waals surface area contributed by atoms with E-state index in [1.165, 1.54) is 16.4 Å². The number of thiophene rings is 1. The molecule has 0 saturated carbocycles. The summed E-state index contributed by atoms with van der Waals surface area (Å²) >= 11 is 1.70. The largest absolute Gasteiger partial charge is 0.476 e. The van der Waals surface area contributed by atoms with Crippen molar-refractivity contribution in [3.63, 3.8) is 0 Å². The summed E-state index contributed by atoms with van der Waals surface area (Å²) in [5, 5.41) is 20.2. The number of amides is 1. The highest BCUT2D eigenvalue weighted by Crippen LogP contribution is 2.29. The zero-order valence-electron chi connectivity index (χ0n) is 11.9. The summed E-state index contributed by atoms with van der Waals surface area (Å²) in [4.78, 5) is 24.8. The molecule has 1 fully saturated rings. The molecule has 1 aliphatic rings. The maximum absolute atomic E-state index is 12.2. The van der Waals surface area contributed by atoms with Crippen molar-refractivity contribution < 1.29 is 14.7 Å². The number of rotatable bonds is 4. The Kier molecular flexibility index (Phi) is 4.19. The van der Waals surface area contributed by atoms with E-state index in [-0.39, 0.29) is 18.1 Å². The fraction of sp³-hybridized carbons (Fsp3) is 0.429. The monoisotopic (exact) mass is 320 g/mol. The number of piperidine rings is 1. The first-order chi connectivity index (χ1) is 10.6. The molecule has 22 heavy (non-hydrogen) atoms. The van der Waals surface area contributed by atoms with Crippen LogP contribution in [0.5, 0.6) is 0 Å². The molecule has 2 aromatic heterocycles. The van der Waals surface area contributed by atoms with Gasteiger partial charge < -0.3 is 10.0 Å². The number of likely N-dealkylation sites (tertiary alicyclic amines) is 1. The Bertz CT molecular complexity index is 659. The van der Waals surface area contributed by atoms with Gasteiger partial charge >= 0.3 is 5.97 Å². The van der Waals surface area contributed by atoms with Gasteiger partial charge in [-0.25, -0.2) is 9.48 Å². The molecule has 8 heteroatoms. The quantitative estimate of drug-likeness (QED) is 0.921. The second-order valence-electron chi connectivity index (χ2n) is 5.32. The van der Waals surface area contributed by atoms with Crippen LogP contribution < -0.4 is 0 Å². The molecule has 3 heterocycles. The van der Waals surface area contributed by atoms with Crippen molar-refractivity contribution in [1.29, 1.82) is 0 Å². The Balaban J connectivity index is 1.54. The lowest BCUT2D eigenvalue weighted by atomic mass is 9.91. The van der Waals surface area contributed by atoms with Crippen LogP contribution in [0, 0.1) is 0 Å². The average Bonchev–Trinajstić information content (AvgIpc) is 3.19. The molecule has 1 amide bonds. The summed E-state index contributed by atoms with van der Waals surface area (Å²) in [6.45, 7) is 1.48. The summed E-state index contributed by atoms with van der Waals surface area (Å²) in [6, 6.07) is 2.15. The maximum atomic E-state index is 12.2. The van der Waals surface area contributed by atoms with E-state index in [1.54, 1.807) is 11.3 Å². The number of carbonyl (C=O) groups excluding carboxylic acids is 1. The number of carbonyl (C=O) groups is 2. The van der Waals surface area contributed by atoms with Gasteiger partial charge in [0.05, 0.1) is 6.20 Å². The van der Waals surface area contributed by atoms with Crippen LogP contribution in [-0.2, 0) is 11.3 Å². The van der Waals surface area contributed by atoms with Crippen molar-refractivity contribution in [1.82, 2.24) is 19.9 Å². The van der Waals surface area contributed by atoms with Crippen LogP contribution in [0.25, 0.3) is 0 Å². The topological polar surface area (TPSA) is 88.3 Å². The van der Waals surface area contributed by atoms with Crippen molar-refractivity contribution in [2.45, 2.75) is 25.3 Å². The predicted molar refractivity (Wildman–Crippen MR) is 79.9 cm³/mol. The average molecular weight is 320 g/mol. The van der Waals surface area contributed by atoms with Crippen LogP contribution >= 0.6 is 11.3 Å². The number of carboxylic acids is 1. The highest BCUT2D eigenvalue weighted by Gasteiger charge is 2.24. The molecule has 0 spiro atoms. The molecule has 1 saturated heterocycles. The van der Waals surface area contributed by atoms with Crippen molar-refractivity contribution in [2.75, 3.05) is 13.1 Å². The van der Waals surface area contributed by atoms with E-state index in [0.717, 1.165) is 25.9 Å². The SMILES string of the molecule is O=C(O)c1cn(CC(=O)N2CCC(c3ccsc3)CC2)nn1. The molecular formula is C14H16N4O3S. The molecule has 116 valence electrons. The standard InChI is InChI=1S/C14H16N4O3S/c19-13(8-18-7-12(14(20)21)15-16-18)17-4-1-10(2-5-17)11-3-6-22-9-11/h3,6-7,9-10H,1-2,4-5,8H2,(H,20,21). The summed E-state index contributed by atoms with van der Waals surface area (Å²) in [7, 11) is 0. The van der Waals surface area contributed by atoms with E-state index >= 15 is 0 Å². The Morgan fingerprint density at radius 3 is 2.73 bits per heavy atom. The number of nitrogens with zero attached hydrogens (tertiary/aromatic N) is 4. The van der Waals surface area contributed by atoms with Gasteiger partial charge in [-0.1, -0.05) is 5.21 Å². The zero-order valence-corrected chi connectivity index (χ0v) is 12.7. The lowest BCUT2D eigenvalue weighted by Gasteiger charge is -2.31. The minimum Gasteiger partial charge on any atom is -0.476 e. The van der Waals surface area contributed by atoms with Crippen molar-refractivity contribution in [3.8, 4) is 0 Å². The van der Waals surface area contributed by atoms with Crippen molar-refractivity contribution in [3.05, 3.63) is 34.3 Å². The number of aromatic carboxylic acids is 1. The second-order valence-corrected chi connectivity index (χ2v) is 6.10. The van der Waals surface area contributed by atoms with Crippen LogP contribution in [0.1, 0.15) is 34.8 Å². The van der Waals surface area contributed by atoms with Crippen molar-refractivity contribution in [2.24, 2.45) is 0 Å². The van der Waals surface area contributed by atoms with Crippen LogP contribution in [0.15, 0.2) is 23.0 Å². The van der Waals surface area contributed by atoms with E-state index in [4.69, 9.17) is 5.11 Å². The summed E-state index contributed by atoms with van der Waals surface area (Å²) in [6.07, 6.45) is 3.19. The Morgan fingerprint density at radius 1 is 1.36 bits per heavy atom. The normalized spacial score (nSPS) is 15.9. The number of carboxylic acid groups (broad SMARTS) is 1. The van der Waals surface area contributed by atoms with E-state index in [9.17, 15) is 9.59 Å².